The Balaban J connectivity index is 0. The lowest BCUT2D eigenvalue weighted by atomic mass is 10.1. The summed E-state index contributed by atoms with van der Waals surface area (Å²) in [6.45, 7) is 14.6. The molecule has 0 amide bonds. The minimum absolute atomic E-state index is 0.00389. The topological polar surface area (TPSA) is 63.6 Å². The van der Waals surface area contributed by atoms with Gasteiger partial charge < -0.3 is 9.84 Å². The van der Waals surface area contributed by atoms with E-state index in [-0.39, 0.29) is 12.1 Å². The molecule has 4 nitrogen and oxygen atoms in total. The number of esters is 1. The van der Waals surface area contributed by atoms with Crippen LogP contribution in [0.3, 0.4) is 0 Å². The van der Waals surface area contributed by atoms with Crippen molar-refractivity contribution < 1.29 is 19.4 Å². The van der Waals surface area contributed by atoms with Gasteiger partial charge in [-0.15, -0.1) is 0 Å². The van der Waals surface area contributed by atoms with E-state index in [9.17, 15) is 9.59 Å². The van der Waals surface area contributed by atoms with Crippen molar-refractivity contribution in [3.8, 4) is 0 Å². The third-order valence-corrected chi connectivity index (χ3v) is 2.75. The number of aliphatic carboxylic acids is 1. The number of hydrogen-bond donors (Lipinski definition) is 1. The summed E-state index contributed by atoms with van der Waals surface area (Å²) >= 11 is 0. The van der Waals surface area contributed by atoms with Gasteiger partial charge in [-0.3, -0.25) is 0 Å². The monoisotopic (exact) mass is 284 g/mol. The zero-order valence-corrected chi connectivity index (χ0v) is 13.5. The molecule has 0 saturated heterocycles. The van der Waals surface area contributed by atoms with Crippen molar-refractivity contribution in [3.05, 3.63) is 23.8 Å². The van der Waals surface area contributed by atoms with Crippen molar-refractivity contribution in [2.45, 2.75) is 60.5 Å². The molecule has 0 heterocycles. The van der Waals surface area contributed by atoms with Gasteiger partial charge in [0.1, 0.15) is 0 Å². The normalized spacial score (nSPS) is 13.6. The molecular formula is C16H28O4. The fourth-order valence-corrected chi connectivity index (χ4v) is 0.983. The van der Waals surface area contributed by atoms with Crippen LogP contribution >= 0.6 is 0 Å². The number of carbonyl (C=O) groups is 2. The van der Waals surface area contributed by atoms with Gasteiger partial charge in [0.15, 0.2) is 0 Å². The number of carboxylic acid groups (broad SMARTS) is 1. The summed E-state index contributed by atoms with van der Waals surface area (Å²) in [5.74, 6) is -0.745. The predicted octanol–water partition coefficient (Wildman–Crippen LogP) is 3.97. The predicted molar refractivity (Wildman–Crippen MR) is 81.5 cm³/mol. The average Bonchev–Trinajstić information content (AvgIpc) is 2.38. The summed E-state index contributed by atoms with van der Waals surface area (Å²) in [4.78, 5) is 21.1. The van der Waals surface area contributed by atoms with Crippen LogP contribution in [0.2, 0.25) is 0 Å². The zero-order chi connectivity index (χ0) is 16.3. The third kappa shape index (κ3) is 11.5. The van der Waals surface area contributed by atoms with E-state index in [2.05, 4.69) is 6.58 Å². The van der Waals surface area contributed by atoms with Gasteiger partial charge in [-0.05, 0) is 33.1 Å². The van der Waals surface area contributed by atoms with Crippen molar-refractivity contribution in [3.63, 3.8) is 0 Å². The fourth-order valence-electron chi connectivity index (χ4n) is 0.983. The van der Waals surface area contributed by atoms with Crippen LogP contribution in [0, 0.1) is 5.92 Å². The Bertz CT molecular complexity index is 355. The van der Waals surface area contributed by atoms with Gasteiger partial charge in [0.25, 0.3) is 0 Å². The first-order valence-electron chi connectivity index (χ1n) is 6.93. The van der Waals surface area contributed by atoms with Crippen molar-refractivity contribution in [2.24, 2.45) is 5.92 Å². The lowest BCUT2D eigenvalue weighted by molar-refractivity contribution is -0.143. The van der Waals surface area contributed by atoms with Crippen LogP contribution in [0.4, 0.5) is 0 Å². The Labute approximate surface area is 122 Å². The SMILES string of the molecule is C=C(C)C(=O)OC(C)CC.CCC(C)C=C(C)C(=O)O. The lowest BCUT2D eigenvalue weighted by Crippen LogP contribution is -2.13. The van der Waals surface area contributed by atoms with Crippen molar-refractivity contribution >= 4 is 11.9 Å². The molecule has 0 aliphatic heterocycles. The summed E-state index contributed by atoms with van der Waals surface area (Å²) in [6.07, 6.45) is 3.62. The molecule has 0 aromatic rings. The molecule has 0 rings (SSSR count). The van der Waals surface area contributed by atoms with Gasteiger partial charge in [0.05, 0.1) is 6.10 Å². The largest absolute Gasteiger partial charge is 0.478 e. The minimum Gasteiger partial charge on any atom is -0.478 e. The number of ether oxygens (including phenoxy) is 1. The quantitative estimate of drug-likeness (QED) is 0.592. The molecule has 1 N–H and O–H groups in total. The molecule has 0 radical (unpaired) electrons. The Hall–Kier alpha value is -1.58. The molecule has 0 aliphatic rings. The van der Waals surface area contributed by atoms with E-state index in [1.165, 1.54) is 0 Å². The summed E-state index contributed by atoms with van der Waals surface area (Å²) in [7, 11) is 0. The first kappa shape index (κ1) is 20.7. The first-order chi connectivity index (χ1) is 9.15. The summed E-state index contributed by atoms with van der Waals surface area (Å²) in [5, 5.41) is 8.46. The Morgan fingerprint density at radius 3 is 2.00 bits per heavy atom. The molecule has 0 aliphatic carbocycles. The Morgan fingerprint density at radius 2 is 1.70 bits per heavy atom. The maximum atomic E-state index is 10.8. The van der Waals surface area contributed by atoms with Gasteiger partial charge in [0.2, 0.25) is 0 Å². The summed E-state index contributed by atoms with van der Waals surface area (Å²) in [5.41, 5.74) is 0.898. The highest BCUT2D eigenvalue weighted by molar-refractivity contribution is 5.87. The van der Waals surface area contributed by atoms with E-state index in [0.29, 0.717) is 17.1 Å². The van der Waals surface area contributed by atoms with Gasteiger partial charge in [-0.2, -0.15) is 0 Å². The number of hydrogen-bond acceptors (Lipinski definition) is 3. The average molecular weight is 284 g/mol. The molecule has 0 spiro atoms. The second-order valence-electron chi connectivity index (χ2n) is 4.94. The van der Waals surface area contributed by atoms with Crippen molar-refractivity contribution in [1.82, 2.24) is 0 Å². The summed E-state index contributed by atoms with van der Waals surface area (Å²) in [6, 6.07) is 0. The molecule has 116 valence electrons. The van der Waals surface area contributed by atoms with E-state index >= 15 is 0 Å². The van der Waals surface area contributed by atoms with Crippen LogP contribution in [0.15, 0.2) is 23.8 Å². The van der Waals surface area contributed by atoms with Crippen LogP contribution in [0.5, 0.6) is 0 Å². The molecule has 0 fully saturated rings. The molecule has 4 heteroatoms. The molecule has 2 atom stereocenters. The van der Waals surface area contributed by atoms with E-state index in [1.807, 2.05) is 27.7 Å². The smallest absolute Gasteiger partial charge is 0.333 e. The van der Waals surface area contributed by atoms with Crippen molar-refractivity contribution in [2.75, 3.05) is 0 Å². The molecule has 20 heavy (non-hydrogen) atoms. The Kier molecular flexibility index (Phi) is 11.7. The maximum absolute atomic E-state index is 10.8. The van der Waals surface area contributed by atoms with Crippen LogP contribution in [0.1, 0.15) is 54.4 Å². The number of rotatable bonds is 6. The minimum atomic E-state index is -0.819. The van der Waals surface area contributed by atoms with E-state index < -0.39 is 5.97 Å². The van der Waals surface area contributed by atoms with Crippen LogP contribution in [0.25, 0.3) is 0 Å². The second kappa shape index (κ2) is 11.3. The van der Waals surface area contributed by atoms with Gasteiger partial charge in [0, 0.05) is 11.1 Å². The van der Waals surface area contributed by atoms with E-state index in [0.717, 1.165) is 12.8 Å². The van der Waals surface area contributed by atoms with Crippen molar-refractivity contribution in [1.29, 1.82) is 0 Å². The van der Waals surface area contributed by atoms with Gasteiger partial charge in [-0.1, -0.05) is 39.8 Å². The van der Waals surface area contributed by atoms with Crippen LogP contribution < -0.4 is 0 Å². The van der Waals surface area contributed by atoms with E-state index in [4.69, 9.17) is 9.84 Å². The number of allylic oxidation sites excluding steroid dienone is 1. The van der Waals surface area contributed by atoms with Gasteiger partial charge >= 0.3 is 11.9 Å². The standard InChI is InChI=1S/2C8H14O2/c1-5-7(4)10-8(9)6(2)3;1-4-6(2)5-7(3)8(9)10/h7H,2,5H2,1,3-4H3;5-6H,4H2,1-3H3,(H,9,10). The highest BCUT2D eigenvalue weighted by Gasteiger charge is 2.06. The second-order valence-corrected chi connectivity index (χ2v) is 4.94. The molecule has 0 aromatic carbocycles. The number of carboxylic acids is 1. The third-order valence-electron chi connectivity index (χ3n) is 2.75. The zero-order valence-electron chi connectivity index (χ0n) is 13.5. The number of carbonyl (C=O) groups excluding carboxylic acids is 1. The molecule has 0 bridgehead atoms. The van der Waals surface area contributed by atoms with E-state index in [1.54, 1.807) is 19.9 Å². The van der Waals surface area contributed by atoms with Crippen LogP contribution in [-0.2, 0) is 14.3 Å². The molecule has 2 unspecified atom stereocenters. The molecule has 0 aromatic heterocycles. The fraction of sp³-hybridized carbons (Fsp3) is 0.625. The lowest BCUT2D eigenvalue weighted by Gasteiger charge is -2.09. The Morgan fingerprint density at radius 1 is 1.20 bits per heavy atom. The molecular weight excluding hydrogens is 256 g/mol. The van der Waals surface area contributed by atoms with Crippen LogP contribution in [-0.4, -0.2) is 23.1 Å². The maximum Gasteiger partial charge on any atom is 0.333 e. The first-order valence-corrected chi connectivity index (χ1v) is 6.93. The summed E-state index contributed by atoms with van der Waals surface area (Å²) < 4.78 is 4.92. The highest BCUT2D eigenvalue weighted by Crippen LogP contribution is 2.06. The molecule has 0 saturated carbocycles. The van der Waals surface area contributed by atoms with Gasteiger partial charge in [-0.25, -0.2) is 9.59 Å². The highest BCUT2D eigenvalue weighted by atomic mass is 16.5.